The first-order valence-corrected chi connectivity index (χ1v) is 5.59. The van der Waals surface area contributed by atoms with Crippen molar-refractivity contribution in [3.8, 4) is 5.75 Å². The molecule has 1 N–H and O–H groups in total. The van der Waals surface area contributed by atoms with Gasteiger partial charge < -0.3 is 14.5 Å². The number of ether oxygens (including phenoxy) is 2. The fourth-order valence-corrected chi connectivity index (χ4v) is 1.75. The maximum atomic E-state index is 5.75. The van der Waals surface area contributed by atoms with Crippen LogP contribution < -0.4 is 4.74 Å². The Morgan fingerprint density at radius 1 is 1.41 bits per heavy atom. The molecule has 1 aromatic carbocycles. The molecule has 1 atom stereocenters. The third kappa shape index (κ3) is 2.65. The van der Waals surface area contributed by atoms with Crippen LogP contribution in [0.25, 0.3) is 0 Å². The maximum Gasteiger partial charge on any atom is 0.124 e. The molecule has 0 saturated heterocycles. The van der Waals surface area contributed by atoms with E-state index in [4.69, 9.17) is 9.47 Å². The lowest BCUT2D eigenvalue weighted by atomic mass is 10.1. The number of aromatic amines is 1. The van der Waals surface area contributed by atoms with Gasteiger partial charge in [0.05, 0.1) is 25.3 Å². The molecule has 1 aromatic heterocycles. The average Bonchev–Trinajstić information content (AvgIpc) is 2.89. The summed E-state index contributed by atoms with van der Waals surface area (Å²) >= 11 is 0. The second-order valence-corrected chi connectivity index (χ2v) is 3.62. The number of imidazole rings is 1. The van der Waals surface area contributed by atoms with Crippen molar-refractivity contribution in [3.05, 3.63) is 48.0 Å². The minimum absolute atomic E-state index is 0.127. The predicted molar refractivity (Wildman–Crippen MR) is 65.1 cm³/mol. The van der Waals surface area contributed by atoms with Crippen molar-refractivity contribution in [1.29, 1.82) is 0 Å². The van der Waals surface area contributed by atoms with Gasteiger partial charge in [-0.05, 0) is 24.6 Å². The Hall–Kier alpha value is -1.81. The van der Waals surface area contributed by atoms with Gasteiger partial charge in [-0.1, -0.05) is 12.1 Å². The Balaban J connectivity index is 2.32. The molecule has 4 nitrogen and oxygen atoms in total. The van der Waals surface area contributed by atoms with Crippen molar-refractivity contribution in [1.82, 2.24) is 9.97 Å². The van der Waals surface area contributed by atoms with E-state index in [0.29, 0.717) is 6.61 Å². The number of benzene rings is 1. The number of nitrogens with zero attached hydrogens (tertiary/aromatic N) is 1. The Labute approximate surface area is 101 Å². The van der Waals surface area contributed by atoms with Crippen molar-refractivity contribution < 1.29 is 9.47 Å². The first-order chi connectivity index (χ1) is 8.35. The zero-order chi connectivity index (χ0) is 12.1. The van der Waals surface area contributed by atoms with Crippen LogP contribution >= 0.6 is 0 Å². The number of rotatable bonds is 5. The first-order valence-electron chi connectivity index (χ1n) is 5.59. The highest BCUT2D eigenvalue weighted by atomic mass is 16.5. The Morgan fingerprint density at radius 2 is 2.29 bits per heavy atom. The molecular formula is C13H16N2O2. The maximum absolute atomic E-state index is 5.75. The van der Waals surface area contributed by atoms with Crippen LogP contribution in [0.2, 0.25) is 0 Å². The highest BCUT2D eigenvalue weighted by Gasteiger charge is 2.15. The Kier molecular flexibility index (Phi) is 3.77. The third-order valence-corrected chi connectivity index (χ3v) is 2.53. The predicted octanol–water partition coefficient (Wildman–Crippen LogP) is 2.54. The summed E-state index contributed by atoms with van der Waals surface area (Å²) in [5, 5.41) is 0. The molecule has 0 aliphatic carbocycles. The van der Waals surface area contributed by atoms with Crippen molar-refractivity contribution in [3.63, 3.8) is 0 Å². The van der Waals surface area contributed by atoms with Gasteiger partial charge in [0, 0.05) is 6.61 Å². The molecule has 1 heterocycles. The van der Waals surface area contributed by atoms with Crippen LogP contribution in [0.1, 0.15) is 24.3 Å². The van der Waals surface area contributed by atoms with Crippen molar-refractivity contribution >= 4 is 0 Å². The molecule has 90 valence electrons. The highest BCUT2D eigenvalue weighted by molar-refractivity contribution is 5.33. The second kappa shape index (κ2) is 5.50. The van der Waals surface area contributed by atoms with Crippen molar-refractivity contribution in [2.75, 3.05) is 13.7 Å². The number of nitrogens with one attached hydrogen (secondary N) is 1. The molecule has 2 aromatic rings. The molecule has 0 saturated carbocycles. The molecule has 2 rings (SSSR count). The first kappa shape index (κ1) is 11.7. The molecule has 0 fully saturated rings. The monoisotopic (exact) mass is 232 g/mol. The molecule has 1 unspecified atom stereocenters. The molecule has 0 radical (unpaired) electrons. The molecule has 4 heteroatoms. The summed E-state index contributed by atoms with van der Waals surface area (Å²) in [6.07, 6.45) is 3.30. The lowest BCUT2D eigenvalue weighted by molar-refractivity contribution is 0.0885. The SMILES string of the molecule is CCOC(c1cccc(OC)c1)c1cnc[nH]1. The molecular weight excluding hydrogens is 216 g/mol. The van der Waals surface area contributed by atoms with Gasteiger partial charge in [-0.2, -0.15) is 0 Å². The van der Waals surface area contributed by atoms with Crippen molar-refractivity contribution in [2.45, 2.75) is 13.0 Å². The Bertz CT molecular complexity index is 454. The van der Waals surface area contributed by atoms with Crippen molar-refractivity contribution in [2.24, 2.45) is 0 Å². The van der Waals surface area contributed by atoms with E-state index in [2.05, 4.69) is 9.97 Å². The van der Waals surface area contributed by atoms with Crippen LogP contribution in [0.15, 0.2) is 36.8 Å². The molecule has 0 aliphatic heterocycles. The summed E-state index contributed by atoms with van der Waals surface area (Å²) in [4.78, 5) is 7.11. The molecule has 17 heavy (non-hydrogen) atoms. The number of methoxy groups -OCH3 is 1. The zero-order valence-corrected chi connectivity index (χ0v) is 10.0. The molecule has 0 spiro atoms. The second-order valence-electron chi connectivity index (χ2n) is 3.62. The van der Waals surface area contributed by atoms with Crippen LogP contribution in [0.5, 0.6) is 5.75 Å². The van der Waals surface area contributed by atoms with Gasteiger partial charge in [0.1, 0.15) is 11.9 Å². The third-order valence-electron chi connectivity index (χ3n) is 2.53. The van der Waals surface area contributed by atoms with Crippen LogP contribution in [-0.2, 0) is 4.74 Å². The summed E-state index contributed by atoms with van der Waals surface area (Å²) in [6.45, 7) is 2.62. The molecule has 0 amide bonds. The lowest BCUT2D eigenvalue weighted by Gasteiger charge is -2.16. The van der Waals surface area contributed by atoms with Gasteiger partial charge >= 0.3 is 0 Å². The molecule has 0 aliphatic rings. The van der Waals surface area contributed by atoms with E-state index in [1.54, 1.807) is 19.6 Å². The lowest BCUT2D eigenvalue weighted by Crippen LogP contribution is -2.06. The summed E-state index contributed by atoms with van der Waals surface area (Å²) in [7, 11) is 1.66. The summed E-state index contributed by atoms with van der Waals surface area (Å²) < 4.78 is 11.0. The van der Waals surface area contributed by atoms with E-state index >= 15 is 0 Å². The van der Waals surface area contributed by atoms with Gasteiger partial charge in [-0.25, -0.2) is 4.98 Å². The van der Waals surface area contributed by atoms with E-state index in [-0.39, 0.29) is 6.10 Å². The zero-order valence-electron chi connectivity index (χ0n) is 10.0. The van der Waals surface area contributed by atoms with E-state index in [1.165, 1.54) is 0 Å². The minimum atomic E-state index is -0.127. The normalized spacial score (nSPS) is 12.4. The standard InChI is InChI=1S/C13H16N2O2/c1-3-17-13(12-8-14-9-15-12)10-5-4-6-11(7-10)16-2/h4-9,13H,3H2,1-2H3,(H,14,15). The van der Waals surface area contributed by atoms with Gasteiger partial charge in [0.2, 0.25) is 0 Å². The van der Waals surface area contributed by atoms with E-state index < -0.39 is 0 Å². The summed E-state index contributed by atoms with van der Waals surface area (Å²) in [6, 6.07) is 7.86. The number of hydrogen-bond donors (Lipinski definition) is 1. The van der Waals surface area contributed by atoms with Crippen LogP contribution in [0.4, 0.5) is 0 Å². The largest absolute Gasteiger partial charge is 0.497 e. The summed E-state index contributed by atoms with van der Waals surface area (Å²) in [5.41, 5.74) is 2.00. The fraction of sp³-hybridized carbons (Fsp3) is 0.308. The van der Waals surface area contributed by atoms with Crippen LogP contribution in [0.3, 0.4) is 0 Å². The topological polar surface area (TPSA) is 47.1 Å². The molecule has 0 bridgehead atoms. The van der Waals surface area contributed by atoms with Gasteiger partial charge in [-0.3, -0.25) is 0 Å². The smallest absolute Gasteiger partial charge is 0.124 e. The van der Waals surface area contributed by atoms with E-state index in [9.17, 15) is 0 Å². The van der Waals surface area contributed by atoms with Crippen LogP contribution in [-0.4, -0.2) is 23.7 Å². The van der Waals surface area contributed by atoms with Gasteiger partial charge in [0.25, 0.3) is 0 Å². The summed E-state index contributed by atoms with van der Waals surface area (Å²) in [5.74, 6) is 0.826. The van der Waals surface area contributed by atoms with Gasteiger partial charge in [0.15, 0.2) is 0 Å². The minimum Gasteiger partial charge on any atom is -0.497 e. The number of hydrogen-bond acceptors (Lipinski definition) is 3. The quantitative estimate of drug-likeness (QED) is 0.861. The van der Waals surface area contributed by atoms with Crippen LogP contribution in [0, 0.1) is 0 Å². The number of aromatic nitrogens is 2. The fourth-order valence-electron chi connectivity index (χ4n) is 1.75. The number of H-pyrrole nitrogens is 1. The van der Waals surface area contributed by atoms with E-state index in [1.807, 2.05) is 31.2 Å². The van der Waals surface area contributed by atoms with E-state index in [0.717, 1.165) is 17.0 Å². The average molecular weight is 232 g/mol. The Morgan fingerprint density at radius 3 is 2.94 bits per heavy atom. The highest BCUT2D eigenvalue weighted by Crippen LogP contribution is 2.26. The van der Waals surface area contributed by atoms with Gasteiger partial charge in [-0.15, -0.1) is 0 Å².